The predicted molar refractivity (Wildman–Crippen MR) is 54.1 cm³/mol. The average Bonchev–Trinajstić information content (AvgIpc) is 2.50. The average molecular weight is 198 g/mol. The smallest absolute Gasteiger partial charge is 0.201 e. The second kappa shape index (κ2) is 3.55. The number of Topliss-reactive ketones (excluding diaryl/α,β-unsaturated/α-hetero) is 1. The van der Waals surface area contributed by atoms with Crippen molar-refractivity contribution in [3.63, 3.8) is 0 Å². The molecule has 4 heteroatoms. The maximum Gasteiger partial charge on any atom is 0.201 e. The molecule has 0 radical (unpaired) electrons. The number of rotatable bonds is 3. The van der Waals surface area contributed by atoms with Gasteiger partial charge >= 0.3 is 0 Å². The molecular weight excluding hydrogens is 184 g/mol. The Bertz CT molecular complexity index is 317. The van der Waals surface area contributed by atoms with Gasteiger partial charge in [-0.1, -0.05) is 6.92 Å². The van der Waals surface area contributed by atoms with Crippen LogP contribution in [-0.2, 0) is 0 Å². The van der Waals surface area contributed by atoms with Gasteiger partial charge in [-0.15, -0.1) is 11.3 Å². The van der Waals surface area contributed by atoms with E-state index in [4.69, 9.17) is 5.73 Å². The molecule has 1 atom stereocenters. The van der Waals surface area contributed by atoms with Gasteiger partial charge in [-0.25, -0.2) is 4.98 Å². The summed E-state index contributed by atoms with van der Waals surface area (Å²) in [6.45, 7) is 5.52. The van der Waals surface area contributed by atoms with Crippen molar-refractivity contribution >= 4 is 17.1 Å². The first kappa shape index (κ1) is 10.3. The molecule has 0 saturated heterocycles. The van der Waals surface area contributed by atoms with Crippen LogP contribution in [0.15, 0.2) is 5.38 Å². The van der Waals surface area contributed by atoms with Crippen LogP contribution in [-0.4, -0.2) is 16.3 Å². The molecular formula is C9H14N2OS. The van der Waals surface area contributed by atoms with Gasteiger partial charge in [0.05, 0.1) is 10.5 Å². The Kier molecular flexibility index (Phi) is 2.83. The Hall–Kier alpha value is -0.740. The topological polar surface area (TPSA) is 56.0 Å². The molecule has 13 heavy (non-hydrogen) atoms. The molecule has 72 valence electrons. The third kappa shape index (κ3) is 2.14. The molecule has 3 nitrogen and oxygen atoms in total. The molecule has 0 aliphatic rings. The van der Waals surface area contributed by atoms with Crippen molar-refractivity contribution in [3.8, 4) is 0 Å². The van der Waals surface area contributed by atoms with E-state index in [0.717, 1.165) is 5.01 Å². The zero-order valence-electron chi connectivity index (χ0n) is 8.13. The van der Waals surface area contributed by atoms with Crippen LogP contribution in [0.5, 0.6) is 0 Å². The SMILES string of the molecule is CCC(C)(N)C(=O)c1csc(C)n1. The van der Waals surface area contributed by atoms with Gasteiger partial charge in [-0.3, -0.25) is 4.79 Å². The predicted octanol–water partition coefficient (Wildman–Crippen LogP) is 1.76. The summed E-state index contributed by atoms with van der Waals surface area (Å²) < 4.78 is 0. The number of hydrogen-bond acceptors (Lipinski definition) is 4. The molecule has 1 rings (SSSR count). The van der Waals surface area contributed by atoms with E-state index in [1.165, 1.54) is 11.3 Å². The van der Waals surface area contributed by atoms with Crippen LogP contribution >= 0.6 is 11.3 Å². The van der Waals surface area contributed by atoms with Gasteiger partial charge in [0.15, 0.2) is 0 Å². The van der Waals surface area contributed by atoms with Crippen molar-refractivity contribution in [1.29, 1.82) is 0 Å². The van der Waals surface area contributed by atoms with Crippen molar-refractivity contribution in [2.24, 2.45) is 5.73 Å². The van der Waals surface area contributed by atoms with Crippen molar-refractivity contribution < 1.29 is 4.79 Å². The van der Waals surface area contributed by atoms with E-state index in [9.17, 15) is 4.79 Å². The zero-order chi connectivity index (χ0) is 10.1. The molecule has 0 spiro atoms. The van der Waals surface area contributed by atoms with Crippen LogP contribution in [0.1, 0.15) is 35.8 Å². The minimum absolute atomic E-state index is 0.0700. The van der Waals surface area contributed by atoms with Crippen molar-refractivity contribution in [2.45, 2.75) is 32.7 Å². The fourth-order valence-electron chi connectivity index (χ4n) is 0.921. The summed E-state index contributed by atoms with van der Waals surface area (Å²) in [6.07, 6.45) is 0.627. The molecule has 0 aromatic carbocycles. The number of thiazole rings is 1. The van der Waals surface area contributed by atoms with Crippen LogP contribution in [0, 0.1) is 6.92 Å². The highest BCUT2D eigenvalue weighted by molar-refractivity contribution is 7.09. The van der Waals surface area contributed by atoms with Gasteiger partial charge in [0, 0.05) is 5.38 Å². The fourth-order valence-corrected chi connectivity index (χ4v) is 1.51. The number of carbonyl (C=O) groups excluding carboxylic acids is 1. The van der Waals surface area contributed by atoms with Gasteiger partial charge in [0.25, 0.3) is 0 Å². The van der Waals surface area contributed by atoms with E-state index < -0.39 is 5.54 Å². The molecule has 0 aliphatic carbocycles. The summed E-state index contributed by atoms with van der Waals surface area (Å²) in [5.74, 6) is -0.0700. The number of ketones is 1. The highest BCUT2D eigenvalue weighted by Crippen LogP contribution is 2.16. The number of aryl methyl sites for hydroxylation is 1. The molecule has 0 saturated carbocycles. The van der Waals surface area contributed by atoms with Crippen LogP contribution in [0.2, 0.25) is 0 Å². The third-order valence-corrected chi connectivity index (χ3v) is 2.88. The number of aromatic nitrogens is 1. The first-order chi connectivity index (χ1) is 5.97. The molecule has 0 fully saturated rings. The molecule has 1 aromatic heterocycles. The molecule has 1 heterocycles. The van der Waals surface area contributed by atoms with E-state index >= 15 is 0 Å². The molecule has 2 N–H and O–H groups in total. The first-order valence-corrected chi connectivity index (χ1v) is 5.11. The number of carbonyl (C=O) groups is 1. The Morgan fingerprint density at radius 3 is 2.77 bits per heavy atom. The van der Waals surface area contributed by atoms with Gasteiger partial charge in [-0.2, -0.15) is 0 Å². The molecule has 1 unspecified atom stereocenters. The summed E-state index contributed by atoms with van der Waals surface area (Å²) in [7, 11) is 0. The molecule has 0 aliphatic heterocycles. The lowest BCUT2D eigenvalue weighted by atomic mass is 9.93. The summed E-state index contributed by atoms with van der Waals surface area (Å²) >= 11 is 1.47. The van der Waals surface area contributed by atoms with Crippen LogP contribution in [0.25, 0.3) is 0 Å². The van der Waals surface area contributed by atoms with Crippen LogP contribution < -0.4 is 5.73 Å². The van der Waals surface area contributed by atoms with E-state index in [-0.39, 0.29) is 5.78 Å². The normalized spacial score (nSPS) is 15.4. The lowest BCUT2D eigenvalue weighted by Gasteiger charge is -2.19. The fraction of sp³-hybridized carbons (Fsp3) is 0.556. The maximum absolute atomic E-state index is 11.7. The highest BCUT2D eigenvalue weighted by Gasteiger charge is 2.28. The highest BCUT2D eigenvalue weighted by atomic mass is 32.1. The van der Waals surface area contributed by atoms with Gasteiger partial charge < -0.3 is 5.73 Å². The van der Waals surface area contributed by atoms with E-state index in [2.05, 4.69) is 4.98 Å². The Morgan fingerprint density at radius 2 is 2.38 bits per heavy atom. The molecule has 0 bridgehead atoms. The van der Waals surface area contributed by atoms with Gasteiger partial charge in [0.1, 0.15) is 5.69 Å². The van der Waals surface area contributed by atoms with Crippen molar-refractivity contribution in [1.82, 2.24) is 4.98 Å². The van der Waals surface area contributed by atoms with E-state index in [1.807, 2.05) is 13.8 Å². The van der Waals surface area contributed by atoms with E-state index in [0.29, 0.717) is 12.1 Å². The van der Waals surface area contributed by atoms with Gasteiger partial charge in [-0.05, 0) is 20.3 Å². The minimum Gasteiger partial charge on any atom is -0.319 e. The lowest BCUT2D eigenvalue weighted by Crippen LogP contribution is -2.44. The Morgan fingerprint density at radius 1 is 1.77 bits per heavy atom. The minimum atomic E-state index is -0.777. The first-order valence-electron chi connectivity index (χ1n) is 4.23. The second-order valence-corrected chi connectivity index (χ2v) is 4.41. The van der Waals surface area contributed by atoms with Gasteiger partial charge in [0.2, 0.25) is 5.78 Å². The van der Waals surface area contributed by atoms with E-state index in [1.54, 1.807) is 12.3 Å². The largest absolute Gasteiger partial charge is 0.319 e. The quantitative estimate of drug-likeness (QED) is 0.753. The summed E-state index contributed by atoms with van der Waals surface area (Å²) in [5.41, 5.74) is 5.53. The summed E-state index contributed by atoms with van der Waals surface area (Å²) in [5, 5.41) is 2.66. The lowest BCUT2D eigenvalue weighted by molar-refractivity contribution is 0.0893. The summed E-state index contributed by atoms with van der Waals surface area (Å²) in [4.78, 5) is 15.8. The standard InChI is InChI=1S/C9H14N2OS/c1-4-9(3,10)8(12)7-5-13-6(2)11-7/h5H,4,10H2,1-3H3. The Balaban J connectivity index is 2.91. The number of nitrogens with zero attached hydrogens (tertiary/aromatic N) is 1. The Labute approximate surface area is 82.0 Å². The third-order valence-electron chi connectivity index (χ3n) is 2.10. The van der Waals surface area contributed by atoms with Crippen molar-refractivity contribution in [2.75, 3.05) is 0 Å². The maximum atomic E-state index is 11.7. The zero-order valence-corrected chi connectivity index (χ0v) is 8.94. The molecule has 0 amide bonds. The van der Waals surface area contributed by atoms with Crippen molar-refractivity contribution in [3.05, 3.63) is 16.1 Å². The second-order valence-electron chi connectivity index (χ2n) is 3.35. The monoisotopic (exact) mass is 198 g/mol. The number of hydrogen-bond donors (Lipinski definition) is 1. The number of nitrogens with two attached hydrogens (primary N) is 1. The molecule has 1 aromatic rings. The summed E-state index contributed by atoms with van der Waals surface area (Å²) in [6, 6.07) is 0. The van der Waals surface area contributed by atoms with Crippen LogP contribution in [0.4, 0.5) is 0 Å². The van der Waals surface area contributed by atoms with Crippen LogP contribution in [0.3, 0.4) is 0 Å².